The molecule has 0 radical (unpaired) electrons. The van der Waals surface area contributed by atoms with Crippen LogP contribution < -0.4 is 25.2 Å². The molecule has 0 spiro atoms. The highest BCUT2D eigenvalue weighted by molar-refractivity contribution is 6.99. The van der Waals surface area contributed by atoms with Gasteiger partial charge in [-0.25, -0.2) is 4.39 Å². The first-order valence-corrected chi connectivity index (χ1v) is 22.7. The summed E-state index contributed by atoms with van der Waals surface area (Å²) in [5.41, 5.74) is 6.90. The van der Waals surface area contributed by atoms with Gasteiger partial charge in [0.2, 0.25) is 0 Å². The number of hydrogen-bond acceptors (Lipinski definition) is 6. The third kappa shape index (κ3) is 8.29. The molecule has 0 aliphatic heterocycles. The van der Waals surface area contributed by atoms with Crippen molar-refractivity contribution in [1.29, 1.82) is 5.26 Å². The molecular formula is C52H49FN4O4Si. The summed E-state index contributed by atoms with van der Waals surface area (Å²) in [6.45, 7) is 7.63. The van der Waals surface area contributed by atoms with Gasteiger partial charge in [0.15, 0.2) is 0 Å². The van der Waals surface area contributed by atoms with Crippen molar-refractivity contribution < 1.29 is 23.1 Å². The Hall–Kier alpha value is -6.80. The van der Waals surface area contributed by atoms with Gasteiger partial charge in [-0.15, -0.1) is 0 Å². The van der Waals surface area contributed by atoms with Gasteiger partial charge in [0, 0.05) is 23.7 Å². The third-order valence-corrected chi connectivity index (χ3v) is 16.9. The summed E-state index contributed by atoms with van der Waals surface area (Å²) in [6, 6.07) is 45.6. The van der Waals surface area contributed by atoms with Crippen molar-refractivity contribution in [1.82, 2.24) is 15.1 Å². The predicted octanol–water partition coefficient (Wildman–Crippen LogP) is 9.83. The summed E-state index contributed by atoms with van der Waals surface area (Å²) in [7, 11) is 0.274. The number of rotatable bonds is 13. The van der Waals surface area contributed by atoms with Crippen molar-refractivity contribution in [3.63, 3.8) is 0 Å². The summed E-state index contributed by atoms with van der Waals surface area (Å²) < 4.78 is 34.2. The van der Waals surface area contributed by atoms with Crippen LogP contribution in [0.2, 0.25) is 5.04 Å². The van der Waals surface area contributed by atoms with Gasteiger partial charge in [0.05, 0.1) is 38.0 Å². The molecule has 1 aliphatic rings. The minimum Gasteiger partial charge on any atom is -0.497 e. The van der Waals surface area contributed by atoms with E-state index in [0.717, 1.165) is 57.0 Å². The van der Waals surface area contributed by atoms with E-state index >= 15 is 0 Å². The molecule has 1 heterocycles. The normalized spacial score (nSPS) is 14.0. The van der Waals surface area contributed by atoms with E-state index in [0.29, 0.717) is 29.8 Å². The summed E-state index contributed by atoms with van der Waals surface area (Å²) in [5, 5.41) is 22.0. The number of carbonyl (C=O) groups excluding carboxylic acids is 1. The van der Waals surface area contributed by atoms with Crippen molar-refractivity contribution >= 4 is 41.1 Å². The zero-order valence-electron chi connectivity index (χ0n) is 35.6. The Kier molecular flexibility index (Phi) is 11.9. The molecule has 0 saturated heterocycles. The summed E-state index contributed by atoms with van der Waals surface area (Å²) in [4.78, 5) is 13.0. The van der Waals surface area contributed by atoms with Crippen molar-refractivity contribution in [3.8, 4) is 28.7 Å². The number of aromatic nitrogens is 2. The highest BCUT2D eigenvalue weighted by Crippen LogP contribution is 2.43. The molecule has 1 aliphatic carbocycles. The zero-order chi connectivity index (χ0) is 43.4. The van der Waals surface area contributed by atoms with Crippen molar-refractivity contribution in [2.24, 2.45) is 0 Å². The first-order valence-electron chi connectivity index (χ1n) is 20.8. The number of nitriles is 1. The highest BCUT2D eigenvalue weighted by Gasteiger charge is 2.51. The van der Waals surface area contributed by atoms with Gasteiger partial charge >= 0.3 is 0 Å². The van der Waals surface area contributed by atoms with Crippen LogP contribution in [0.1, 0.15) is 66.2 Å². The maximum atomic E-state index is 14.0. The van der Waals surface area contributed by atoms with E-state index in [1.165, 1.54) is 29.6 Å². The van der Waals surface area contributed by atoms with Gasteiger partial charge in [-0.3, -0.25) is 9.48 Å². The van der Waals surface area contributed by atoms with Gasteiger partial charge in [0.25, 0.3) is 14.2 Å². The van der Waals surface area contributed by atoms with E-state index in [1.54, 1.807) is 7.11 Å². The van der Waals surface area contributed by atoms with Crippen LogP contribution in [0, 0.1) is 17.1 Å². The van der Waals surface area contributed by atoms with E-state index in [-0.39, 0.29) is 23.3 Å². The Morgan fingerprint density at radius 2 is 1.52 bits per heavy atom. The molecule has 0 bridgehead atoms. The highest BCUT2D eigenvalue weighted by atomic mass is 28.4. The number of benzene rings is 6. The Balaban J connectivity index is 1.15. The second-order valence-corrected chi connectivity index (χ2v) is 20.9. The fraction of sp³-hybridized carbons (Fsp3) is 0.212. The van der Waals surface area contributed by atoms with E-state index in [4.69, 9.17) is 19.0 Å². The van der Waals surface area contributed by atoms with E-state index in [2.05, 4.69) is 111 Å². The van der Waals surface area contributed by atoms with Gasteiger partial charge in [-0.1, -0.05) is 124 Å². The SMILES string of the molecule is COc1ccc(Cn2cc3c(C4=CCC(O[Si](c5ccccc5)(c5ccccc5)C(C)(C)C)C4)cc(-c4ccc(CNC(=O)c5cc(F)ccc5OC)cc4)c(C#N)c3n2)cc1. The molecule has 62 heavy (non-hydrogen) atoms. The van der Waals surface area contributed by atoms with Crippen LogP contribution in [0.5, 0.6) is 11.5 Å². The lowest BCUT2D eigenvalue weighted by atomic mass is 9.91. The number of ether oxygens (including phenoxy) is 2. The average molecular weight is 841 g/mol. The summed E-state index contributed by atoms with van der Waals surface area (Å²) >= 11 is 0. The number of fused-ring (bicyclic) bond motifs is 1. The second kappa shape index (κ2) is 17.7. The molecule has 8 rings (SSSR count). The van der Waals surface area contributed by atoms with Crippen molar-refractivity contribution in [3.05, 3.63) is 179 Å². The molecule has 312 valence electrons. The first kappa shape index (κ1) is 41.9. The lowest BCUT2D eigenvalue weighted by Gasteiger charge is -2.44. The van der Waals surface area contributed by atoms with Crippen molar-refractivity contribution in [2.45, 2.75) is 57.8 Å². The summed E-state index contributed by atoms with van der Waals surface area (Å²) in [5.74, 6) is 0.103. The van der Waals surface area contributed by atoms with E-state index < -0.39 is 20.0 Å². The molecule has 1 unspecified atom stereocenters. The van der Waals surface area contributed by atoms with Crippen LogP contribution in [0.15, 0.2) is 146 Å². The number of methoxy groups -OCH3 is 2. The lowest BCUT2D eigenvalue weighted by Crippen LogP contribution is -2.67. The number of halogens is 1. The molecule has 1 amide bonds. The number of nitrogens with one attached hydrogen (secondary N) is 1. The Morgan fingerprint density at radius 1 is 0.855 bits per heavy atom. The monoisotopic (exact) mass is 840 g/mol. The smallest absolute Gasteiger partial charge is 0.261 e. The first-order chi connectivity index (χ1) is 30.0. The van der Waals surface area contributed by atoms with E-state index in [1.807, 2.05) is 53.2 Å². The fourth-order valence-electron chi connectivity index (χ4n) is 8.70. The fourth-order valence-corrected chi connectivity index (χ4v) is 13.4. The zero-order valence-corrected chi connectivity index (χ0v) is 36.6. The minimum atomic E-state index is -2.82. The molecule has 0 saturated carbocycles. The Bertz CT molecular complexity index is 2750. The summed E-state index contributed by atoms with van der Waals surface area (Å²) in [6.07, 6.45) is 5.73. The van der Waals surface area contributed by atoms with Gasteiger partial charge < -0.3 is 19.2 Å². The lowest BCUT2D eigenvalue weighted by molar-refractivity contribution is 0.0947. The predicted molar refractivity (Wildman–Crippen MR) is 246 cm³/mol. The van der Waals surface area contributed by atoms with Crippen LogP contribution in [-0.2, 0) is 17.5 Å². The molecule has 1 atom stereocenters. The molecule has 7 aromatic rings. The number of carbonyl (C=O) groups is 1. The topological polar surface area (TPSA) is 98.4 Å². The maximum Gasteiger partial charge on any atom is 0.261 e. The molecule has 0 fully saturated rings. The maximum absolute atomic E-state index is 14.0. The Labute approximate surface area is 363 Å². The largest absolute Gasteiger partial charge is 0.497 e. The quantitative estimate of drug-likeness (QED) is 0.116. The van der Waals surface area contributed by atoms with E-state index in [9.17, 15) is 14.4 Å². The van der Waals surface area contributed by atoms with Crippen LogP contribution in [0.25, 0.3) is 27.6 Å². The van der Waals surface area contributed by atoms with Crippen LogP contribution in [-0.4, -0.2) is 44.3 Å². The van der Waals surface area contributed by atoms with Gasteiger partial charge in [-0.05, 0) is 92.5 Å². The van der Waals surface area contributed by atoms with Crippen molar-refractivity contribution in [2.75, 3.05) is 14.2 Å². The van der Waals surface area contributed by atoms with Gasteiger partial charge in [-0.2, -0.15) is 10.4 Å². The third-order valence-electron chi connectivity index (χ3n) is 11.8. The van der Waals surface area contributed by atoms with Crippen LogP contribution in [0.4, 0.5) is 4.39 Å². The molecule has 1 N–H and O–H groups in total. The molecule has 6 aromatic carbocycles. The molecular weight excluding hydrogens is 792 g/mol. The second-order valence-electron chi connectivity index (χ2n) is 16.7. The number of amides is 1. The van der Waals surface area contributed by atoms with Crippen LogP contribution >= 0.6 is 0 Å². The Morgan fingerprint density at radius 3 is 2.13 bits per heavy atom. The number of hydrogen-bond donors (Lipinski definition) is 1. The van der Waals surface area contributed by atoms with Crippen LogP contribution in [0.3, 0.4) is 0 Å². The molecule has 10 heteroatoms. The standard InChI is InChI=1S/C52H49FN4O4Si/c1-52(2,3)62(42-12-8-6-9-13-42,43-14-10-7-11-15-43)61-41-26-22-38(28-41)45-30-44(47(31-54)50-48(45)34-57(56-50)33-36-18-24-40(59-4)25-19-36)37-20-16-35(17-21-37)32-55-51(58)46-29-39(53)23-27-49(46)60-5/h6-25,27,29-30,34,41H,26,28,32-33H2,1-5H3,(H,55,58). The van der Waals surface area contributed by atoms with Gasteiger partial charge in [0.1, 0.15) is 28.9 Å². The molecule has 1 aromatic heterocycles. The minimum absolute atomic E-state index is 0.0679. The number of nitrogens with zero attached hydrogens (tertiary/aromatic N) is 3. The average Bonchev–Trinajstić information content (AvgIpc) is 3.94. The molecule has 8 nitrogen and oxygen atoms in total.